The average Bonchev–Trinajstić information content (AvgIpc) is 3.41. The Bertz CT molecular complexity index is 1120. The Morgan fingerprint density at radius 1 is 1.18 bits per heavy atom. The minimum Gasteiger partial charge on any atom is -0.496 e. The summed E-state index contributed by atoms with van der Waals surface area (Å²) >= 11 is 0. The van der Waals surface area contributed by atoms with E-state index < -0.39 is 11.7 Å². The number of methoxy groups -OCH3 is 1. The maximum atomic E-state index is 14.2. The standard InChI is InChI=1S/C19H13FN4O4/c1-26-15-6-7-21-10-12(15)17(25)22-14-9-11(4-5-13(14)20)18-23-24-19(28-18)16-3-2-8-27-16/h2-10H,1H3,(H,22,25). The molecule has 140 valence electrons. The molecule has 0 saturated carbocycles. The molecule has 0 fully saturated rings. The molecule has 0 bridgehead atoms. The SMILES string of the molecule is COc1ccncc1C(=O)Nc1cc(-c2nnc(-c3ccco3)o2)ccc1F. The van der Waals surface area contributed by atoms with Crippen molar-refractivity contribution in [3.05, 3.63) is 66.4 Å². The average molecular weight is 380 g/mol. The molecule has 0 radical (unpaired) electrons. The van der Waals surface area contributed by atoms with Gasteiger partial charge in [-0.05, 0) is 36.4 Å². The Balaban J connectivity index is 1.62. The molecule has 1 N–H and O–H groups in total. The summed E-state index contributed by atoms with van der Waals surface area (Å²) in [6.45, 7) is 0. The number of nitrogens with one attached hydrogen (secondary N) is 1. The minimum atomic E-state index is -0.620. The number of aromatic nitrogens is 3. The van der Waals surface area contributed by atoms with Gasteiger partial charge in [-0.3, -0.25) is 9.78 Å². The van der Waals surface area contributed by atoms with Crippen LogP contribution < -0.4 is 10.1 Å². The summed E-state index contributed by atoms with van der Waals surface area (Å²) in [7, 11) is 1.43. The van der Waals surface area contributed by atoms with Crippen molar-refractivity contribution in [2.24, 2.45) is 0 Å². The van der Waals surface area contributed by atoms with Gasteiger partial charge in [0.05, 0.1) is 24.6 Å². The molecular formula is C19H13FN4O4. The summed E-state index contributed by atoms with van der Waals surface area (Å²) in [6.07, 6.45) is 4.31. The van der Waals surface area contributed by atoms with Crippen LogP contribution in [0.25, 0.3) is 23.1 Å². The molecule has 4 aromatic rings. The first-order valence-corrected chi connectivity index (χ1v) is 8.12. The van der Waals surface area contributed by atoms with Crippen molar-refractivity contribution in [3.63, 3.8) is 0 Å². The van der Waals surface area contributed by atoms with Gasteiger partial charge in [0.2, 0.25) is 5.89 Å². The van der Waals surface area contributed by atoms with Crippen LogP contribution in [0.15, 0.2) is 63.9 Å². The van der Waals surface area contributed by atoms with Gasteiger partial charge in [0.1, 0.15) is 11.6 Å². The summed E-state index contributed by atoms with van der Waals surface area (Å²) in [6, 6.07) is 8.97. The number of carbonyl (C=O) groups is 1. The number of pyridine rings is 1. The lowest BCUT2D eigenvalue weighted by atomic mass is 10.1. The molecule has 3 aromatic heterocycles. The molecule has 0 aliphatic rings. The van der Waals surface area contributed by atoms with Gasteiger partial charge >= 0.3 is 0 Å². The first-order chi connectivity index (χ1) is 13.7. The van der Waals surface area contributed by atoms with Crippen molar-refractivity contribution < 1.29 is 22.8 Å². The summed E-state index contributed by atoms with van der Waals surface area (Å²) < 4.78 is 30.1. The van der Waals surface area contributed by atoms with Crippen LogP contribution in [0.5, 0.6) is 5.75 Å². The lowest BCUT2D eigenvalue weighted by Gasteiger charge is -2.10. The summed E-state index contributed by atoms with van der Waals surface area (Å²) in [5.74, 6) is -0.105. The number of carbonyl (C=O) groups excluding carboxylic acids is 1. The van der Waals surface area contributed by atoms with Crippen molar-refractivity contribution in [2.75, 3.05) is 12.4 Å². The van der Waals surface area contributed by atoms with E-state index in [4.69, 9.17) is 13.6 Å². The molecule has 0 unspecified atom stereocenters. The normalized spacial score (nSPS) is 10.6. The van der Waals surface area contributed by atoms with Gasteiger partial charge in [-0.15, -0.1) is 10.2 Å². The number of benzene rings is 1. The third kappa shape index (κ3) is 3.32. The number of nitrogens with zero attached hydrogens (tertiary/aromatic N) is 3. The molecule has 28 heavy (non-hydrogen) atoms. The van der Waals surface area contributed by atoms with E-state index in [2.05, 4.69) is 20.5 Å². The van der Waals surface area contributed by atoms with Crippen LogP contribution >= 0.6 is 0 Å². The second kappa shape index (κ2) is 7.31. The highest BCUT2D eigenvalue weighted by Crippen LogP contribution is 2.28. The van der Waals surface area contributed by atoms with Crippen molar-refractivity contribution in [1.29, 1.82) is 0 Å². The molecule has 9 heteroatoms. The van der Waals surface area contributed by atoms with Crippen LogP contribution in [0.4, 0.5) is 10.1 Å². The van der Waals surface area contributed by atoms with Crippen molar-refractivity contribution in [1.82, 2.24) is 15.2 Å². The third-order valence-electron chi connectivity index (χ3n) is 3.86. The summed E-state index contributed by atoms with van der Waals surface area (Å²) in [5, 5.41) is 10.3. The van der Waals surface area contributed by atoms with E-state index in [1.807, 2.05) is 0 Å². The van der Waals surface area contributed by atoms with E-state index >= 15 is 0 Å². The molecule has 0 spiro atoms. The quantitative estimate of drug-likeness (QED) is 0.562. The number of furan rings is 1. The zero-order valence-electron chi connectivity index (χ0n) is 14.5. The van der Waals surface area contributed by atoms with Gasteiger partial charge in [0, 0.05) is 18.0 Å². The molecule has 8 nitrogen and oxygen atoms in total. The van der Waals surface area contributed by atoms with Crippen LogP contribution in [0.2, 0.25) is 0 Å². The van der Waals surface area contributed by atoms with Crippen LogP contribution in [0.1, 0.15) is 10.4 Å². The number of anilines is 1. The smallest absolute Gasteiger partial charge is 0.283 e. The Morgan fingerprint density at radius 2 is 2.04 bits per heavy atom. The molecule has 0 aliphatic carbocycles. The third-order valence-corrected chi connectivity index (χ3v) is 3.86. The monoisotopic (exact) mass is 380 g/mol. The van der Waals surface area contributed by atoms with Crippen LogP contribution in [-0.4, -0.2) is 28.2 Å². The fourth-order valence-corrected chi connectivity index (χ4v) is 2.51. The largest absolute Gasteiger partial charge is 0.496 e. The lowest BCUT2D eigenvalue weighted by Crippen LogP contribution is -2.14. The minimum absolute atomic E-state index is 0.0499. The molecule has 0 aliphatic heterocycles. The first-order valence-electron chi connectivity index (χ1n) is 8.12. The van der Waals surface area contributed by atoms with Crippen LogP contribution in [0, 0.1) is 5.82 Å². The van der Waals surface area contributed by atoms with Crippen LogP contribution in [-0.2, 0) is 0 Å². The number of hydrogen-bond acceptors (Lipinski definition) is 7. The maximum absolute atomic E-state index is 14.2. The first kappa shape index (κ1) is 17.4. The number of halogens is 1. The van der Waals surface area contributed by atoms with Crippen LogP contribution in [0.3, 0.4) is 0 Å². The van der Waals surface area contributed by atoms with E-state index in [1.165, 1.54) is 50.0 Å². The van der Waals surface area contributed by atoms with E-state index in [1.54, 1.807) is 12.1 Å². The van der Waals surface area contributed by atoms with E-state index in [0.29, 0.717) is 17.1 Å². The van der Waals surface area contributed by atoms with Crippen molar-refractivity contribution in [2.45, 2.75) is 0 Å². The summed E-state index contributed by atoms with van der Waals surface area (Å²) in [4.78, 5) is 16.4. The number of hydrogen-bond donors (Lipinski definition) is 1. The zero-order chi connectivity index (χ0) is 19.5. The Kier molecular flexibility index (Phi) is 4.55. The number of rotatable bonds is 5. The number of amides is 1. The molecule has 4 rings (SSSR count). The van der Waals surface area contributed by atoms with Gasteiger partial charge < -0.3 is 18.9 Å². The van der Waals surface area contributed by atoms with Gasteiger partial charge in [-0.2, -0.15) is 0 Å². The zero-order valence-corrected chi connectivity index (χ0v) is 14.5. The highest BCUT2D eigenvalue weighted by Gasteiger charge is 2.17. The fourth-order valence-electron chi connectivity index (χ4n) is 2.51. The Morgan fingerprint density at radius 3 is 2.82 bits per heavy atom. The van der Waals surface area contributed by atoms with Gasteiger partial charge in [0.15, 0.2) is 5.76 Å². The lowest BCUT2D eigenvalue weighted by molar-refractivity contribution is 0.102. The highest BCUT2D eigenvalue weighted by atomic mass is 19.1. The van der Waals surface area contributed by atoms with Crippen molar-refractivity contribution >= 4 is 11.6 Å². The van der Waals surface area contributed by atoms with E-state index in [9.17, 15) is 9.18 Å². The van der Waals surface area contributed by atoms with E-state index in [0.717, 1.165) is 0 Å². The molecule has 3 heterocycles. The molecule has 0 saturated heterocycles. The second-order valence-electron chi connectivity index (χ2n) is 5.61. The predicted octanol–water partition coefficient (Wildman–Crippen LogP) is 3.79. The van der Waals surface area contributed by atoms with Gasteiger partial charge in [-0.25, -0.2) is 4.39 Å². The Labute approximate surface area is 158 Å². The Hall–Kier alpha value is -4.01. The summed E-state index contributed by atoms with van der Waals surface area (Å²) in [5.41, 5.74) is 0.555. The highest BCUT2D eigenvalue weighted by molar-refractivity contribution is 6.06. The van der Waals surface area contributed by atoms with Gasteiger partial charge in [0.25, 0.3) is 11.8 Å². The molecule has 1 aromatic carbocycles. The van der Waals surface area contributed by atoms with Crippen molar-refractivity contribution in [3.8, 4) is 28.9 Å². The van der Waals surface area contributed by atoms with E-state index in [-0.39, 0.29) is 23.0 Å². The molecule has 1 amide bonds. The maximum Gasteiger partial charge on any atom is 0.283 e. The number of ether oxygens (including phenoxy) is 1. The predicted molar refractivity (Wildman–Crippen MR) is 96.1 cm³/mol. The topological polar surface area (TPSA) is 103 Å². The molecule has 0 atom stereocenters. The van der Waals surface area contributed by atoms with Gasteiger partial charge in [-0.1, -0.05) is 0 Å². The fraction of sp³-hybridized carbons (Fsp3) is 0.0526. The molecular weight excluding hydrogens is 367 g/mol. The second-order valence-corrected chi connectivity index (χ2v) is 5.61.